The van der Waals surface area contributed by atoms with Gasteiger partial charge in [-0.1, -0.05) is 119 Å². The van der Waals surface area contributed by atoms with Gasteiger partial charge >= 0.3 is 5.97 Å². The minimum Gasteiger partial charge on any atom is -0.463 e. The molecule has 64 heavy (non-hydrogen) atoms. The molecule has 3 aliphatic heterocycles. The minimum atomic E-state index is -0.955. The molecular weight excluding hydrogens is 813 g/mol. The molecule has 5 aromatic rings. The summed E-state index contributed by atoms with van der Waals surface area (Å²) in [6.45, 7) is 0.799. The van der Waals surface area contributed by atoms with E-state index in [1.165, 1.54) is 0 Å². The molecule has 11 heteroatoms. The lowest BCUT2D eigenvalue weighted by Crippen LogP contribution is -2.27. The van der Waals surface area contributed by atoms with E-state index in [4.69, 9.17) is 38.3 Å². The van der Waals surface area contributed by atoms with E-state index in [1.54, 1.807) is 18.2 Å². The van der Waals surface area contributed by atoms with Gasteiger partial charge in [0.15, 0.2) is 34.5 Å². The summed E-state index contributed by atoms with van der Waals surface area (Å²) in [5, 5.41) is 20.1. The molecule has 2 N–H and O–H groups in total. The molecule has 5 aromatic carbocycles. The Balaban J connectivity index is 0.000000273. The van der Waals surface area contributed by atoms with Gasteiger partial charge in [-0.2, -0.15) is 0 Å². The lowest BCUT2D eigenvalue weighted by atomic mass is 9.82. The van der Waals surface area contributed by atoms with Crippen molar-refractivity contribution in [1.29, 1.82) is 0 Å². The summed E-state index contributed by atoms with van der Waals surface area (Å²) in [6, 6.07) is 36.8. The predicted octanol–water partition coefficient (Wildman–Crippen LogP) is 11.6. The van der Waals surface area contributed by atoms with E-state index in [9.17, 15) is 14.7 Å². The molecule has 0 atom stereocenters. The van der Waals surface area contributed by atoms with Crippen LogP contribution in [0.25, 0.3) is 12.2 Å². The van der Waals surface area contributed by atoms with Gasteiger partial charge < -0.3 is 43.4 Å². The summed E-state index contributed by atoms with van der Waals surface area (Å²) < 4.78 is 36.2. The molecule has 0 aromatic heterocycles. The van der Waals surface area contributed by atoms with Crippen molar-refractivity contribution in [2.45, 2.75) is 79.2 Å². The fourth-order valence-electron chi connectivity index (χ4n) is 6.75. The fraction of sp³-hybridized carbons (Fsp3) is 0.321. The number of aliphatic hydroxyl groups is 2. The molecule has 3 heterocycles. The number of hydrogen-bond acceptors (Lipinski definition) is 11. The van der Waals surface area contributed by atoms with Crippen LogP contribution in [-0.2, 0) is 15.1 Å². The Hall–Kier alpha value is -6.56. The van der Waals surface area contributed by atoms with E-state index in [1.807, 2.05) is 103 Å². The van der Waals surface area contributed by atoms with E-state index in [0.717, 1.165) is 90.1 Å². The quantitative estimate of drug-likeness (QED) is 0.0524. The number of fused-ring (bicyclic) bond motifs is 3. The molecule has 11 nitrogen and oxygen atoms in total. The van der Waals surface area contributed by atoms with Gasteiger partial charge in [0.25, 0.3) is 0 Å². The molecule has 0 radical (unpaired) electrons. The van der Waals surface area contributed by atoms with Crippen molar-refractivity contribution >= 4 is 24.4 Å². The zero-order valence-electron chi connectivity index (χ0n) is 34.1. The molecule has 8 rings (SSSR count). The van der Waals surface area contributed by atoms with Crippen molar-refractivity contribution in [2.24, 2.45) is 0 Å². The molecule has 3 aliphatic rings. The monoisotopic (exact) mass is 876 g/mol. The number of carbonyl (C=O) groups excluding carboxylic acids is 2. The highest BCUT2D eigenvalue weighted by molar-refractivity contribution is 5.76. The van der Waals surface area contributed by atoms with Crippen LogP contribution in [0.5, 0.6) is 34.5 Å². The number of ether oxygens (including phenoxy) is 7. The van der Waals surface area contributed by atoms with Gasteiger partial charge in [-0.3, -0.25) is 9.59 Å². The van der Waals surface area contributed by atoms with E-state index < -0.39 is 5.60 Å². The zero-order chi connectivity index (χ0) is 42.5. The van der Waals surface area contributed by atoms with E-state index in [0.29, 0.717) is 36.7 Å². The molecule has 342 valence electrons. The van der Waals surface area contributed by atoms with Gasteiger partial charge in [0.2, 0.25) is 20.4 Å². The normalized spacial score (nSPS) is 12.4. The van der Waals surface area contributed by atoms with Gasteiger partial charge in [-0.05, 0) is 110 Å². The van der Waals surface area contributed by atoms with E-state index >= 15 is 0 Å². The number of aliphatic hydroxyl groups excluding tert-OH is 1. The van der Waals surface area contributed by atoms with Crippen molar-refractivity contribution in [2.75, 3.05) is 33.6 Å². The molecule has 0 unspecified atom stereocenters. The van der Waals surface area contributed by atoms with Crippen LogP contribution in [0.15, 0.2) is 127 Å². The molecule has 0 saturated carbocycles. The number of esters is 1. The van der Waals surface area contributed by atoms with E-state index in [2.05, 4.69) is 18.2 Å². The summed E-state index contributed by atoms with van der Waals surface area (Å²) >= 11 is 0. The second kappa shape index (κ2) is 27.5. The second-order valence-electron chi connectivity index (χ2n) is 14.3. The molecular formula is C53H64O11. The first-order valence-corrected chi connectivity index (χ1v) is 20.5. The Morgan fingerprint density at radius 3 is 1.44 bits per heavy atom. The van der Waals surface area contributed by atoms with Crippen molar-refractivity contribution in [3.05, 3.63) is 155 Å². The Labute approximate surface area is 378 Å². The molecule has 0 amide bonds. The lowest BCUT2D eigenvalue weighted by Gasteiger charge is -2.29. The maximum absolute atomic E-state index is 11.5. The number of aldehydes is 1. The summed E-state index contributed by atoms with van der Waals surface area (Å²) in [5.74, 6) is 4.29. The number of benzene rings is 5. The van der Waals surface area contributed by atoms with Gasteiger partial charge in [0, 0.05) is 12.0 Å². The van der Waals surface area contributed by atoms with Crippen LogP contribution >= 0.6 is 0 Å². The fourth-order valence-corrected chi connectivity index (χ4v) is 6.75. The van der Waals surface area contributed by atoms with Crippen LogP contribution in [0.4, 0.5) is 0 Å². The molecule has 0 saturated heterocycles. The van der Waals surface area contributed by atoms with Crippen molar-refractivity contribution in [3.63, 3.8) is 0 Å². The molecule has 0 spiro atoms. The topological polar surface area (TPSA) is 139 Å². The van der Waals surface area contributed by atoms with Crippen molar-refractivity contribution in [1.82, 2.24) is 0 Å². The van der Waals surface area contributed by atoms with Crippen molar-refractivity contribution in [3.8, 4) is 34.5 Å². The number of unbranched alkanes of at least 4 members (excludes halogenated alkanes) is 4. The maximum atomic E-state index is 11.5. The van der Waals surface area contributed by atoms with Gasteiger partial charge in [-0.25, -0.2) is 0 Å². The summed E-state index contributed by atoms with van der Waals surface area (Å²) in [7, 11) is 0. The Morgan fingerprint density at radius 1 is 0.562 bits per heavy atom. The van der Waals surface area contributed by atoms with Crippen LogP contribution in [-0.4, -0.2) is 56.1 Å². The van der Waals surface area contributed by atoms with Gasteiger partial charge in [0.05, 0.1) is 6.61 Å². The summed E-state index contributed by atoms with van der Waals surface area (Å²) in [5.41, 5.74) is 3.73. The Bertz CT molecular complexity index is 2160. The average molecular weight is 877 g/mol. The third kappa shape index (κ3) is 15.4. The highest BCUT2D eigenvalue weighted by atomic mass is 16.7. The summed E-state index contributed by atoms with van der Waals surface area (Å²) in [4.78, 5) is 21.5. The highest BCUT2D eigenvalue weighted by Gasteiger charge is 2.30. The molecule has 0 fully saturated rings. The average Bonchev–Trinajstić information content (AvgIpc) is 4.10. The summed E-state index contributed by atoms with van der Waals surface area (Å²) in [6.07, 6.45) is 15.8. The standard InChI is InChI=1S/C26H26O3.C16H20O5.C8H6O3.3CH4/c27-26(22-12-6-3-7-13-22,23-14-8-4-9-15-23)18-10-2-1-5-11-21-16-17-24-25(19-21)29-20-28-24;17-9-10-19-16(18)6-4-2-1-3-5-13-7-8-14-15(11-13)21-12-20-14;9-4-6-1-2-7-8(3-6)11-5-10-7;;;/h3-9,11-17,19,27H,1-2,10,18,20H2;3,5,7-8,11,17H,1-2,4,6,9-10,12H2;1-4H,5H2;3*1H4/b11-5+;5-3+;;;;. The maximum Gasteiger partial charge on any atom is 0.305 e. The van der Waals surface area contributed by atoms with Crippen LogP contribution in [0.1, 0.15) is 106 Å². The lowest BCUT2D eigenvalue weighted by molar-refractivity contribution is -0.144. The van der Waals surface area contributed by atoms with Crippen LogP contribution in [0.2, 0.25) is 0 Å². The number of rotatable bonds is 17. The number of allylic oxidation sites excluding steroid dienone is 2. The first-order chi connectivity index (χ1) is 29.9. The van der Waals surface area contributed by atoms with Gasteiger partial charge in [0.1, 0.15) is 18.5 Å². The minimum absolute atomic E-state index is 0. The van der Waals surface area contributed by atoms with Crippen LogP contribution < -0.4 is 28.4 Å². The predicted molar refractivity (Wildman–Crippen MR) is 252 cm³/mol. The van der Waals surface area contributed by atoms with Crippen molar-refractivity contribution < 1.29 is 53.0 Å². The van der Waals surface area contributed by atoms with Gasteiger partial charge in [-0.15, -0.1) is 0 Å². The van der Waals surface area contributed by atoms with Crippen LogP contribution in [0, 0.1) is 0 Å². The number of carbonyl (C=O) groups is 2. The highest BCUT2D eigenvalue weighted by Crippen LogP contribution is 2.36. The Kier molecular flexibility index (Phi) is 22.2. The largest absolute Gasteiger partial charge is 0.463 e. The number of hydrogen-bond donors (Lipinski definition) is 2. The third-order valence-corrected chi connectivity index (χ3v) is 9.96. The molecule has 0 aliphatic carbocycles. The zero-order valence-corrected chi connectivity index (χ0v) is 34.1. The molecule has 0 bridgehead atoms. The third-order valence-electron chi connectivity index (χ3n) is 9.96. The first-order valence-electron chi connectivity index (χ1n) is 20.5. The smallest absolute Gasteiger partial charge is 0.305 e. The Morgan fingerprint density at radius 2 is 0.984 bits per heavy atom. The first kappa shape index (κ1) is 51.8. The SMILES string of the molecule is C.C.C.O=C(CCCC/C=C/c1ccc2c(c1)OCO2)OCCO.O=Cc1ccc2c(c1)OCO2.OC(CCCC/C=C/c1ccc2c(c1)OCO2)(c1ccccc1)c1ccccc1. The second-order valence-corrected chi connectivity index (χ2v) is 14.3. The van der Waals surface area contributed by atoms with E-state index in [-0.39, 0.29) is 55.0 Å². The van der Waals surface area contributed by atoms with Crippen LogP contribution in [0.3, 0.4) is 0 Å².